The fourth-order valence-corrected chi connectivity index (χ4v) is 2.94. The third-order valence-corrected chi connectivity index (χ3v) is 4.12. The molecule has 1 aliphatic heterocycles. The zero-order chi connectivity index (χ0) is 17.2. The Hall–Kier alpha value is -3.58. The highest BCUT2D eigenvalue weighted by atomic mass is 16.5. The number of ether oxygens (including phenoxy) is 2. The van der Waals surface area contributed by atoms with E-state index in [1.807, 2.05) is 54.6 Å². The monoisotopic (exact) mass is 327 g/mol. The summed E-state index contributed by atoms with van der Waals surface area (Å²) in [5.41, 5.74) is 2.07. The second-order valence-corrected chi connectivity index (χ2v) is 5.67. The van der Waals surface area contributed by atoms with E-state index in [0.717, 1.165) is 11.1 Å². The molecule has 4 nitrogen and oxygen atoms in total. The molecule has 0 saturated carbocycles. The molecular formula is C21H13NO3. The largest absolute Gasteiger partial charge is 0.457 e. The van der Waals surface area contributed by atoms with Crippen LogP contribution in [0.2, 0.25) is 0 Å². The van der Waals surface area contributed by atoms with Gasteiger partial charge in [0.05, 0.1) is 11.6 Å². The minimum absolute atomic E-state index is 0.382. The highest BCUT2D eigenvalue weighted by Gasteiger charge is 2.33. The minimum atomic E-state index is -0.559. The molecule has 1 aliphatic rings. The lowest BCUT2D eigenvalue weighted by molar-refractivity contribution is -0.135. The number of nitrogens with zero attached hydrogens (tertiary/aromatic N) is 1. The predicted molar refractivity (Wildman–Crippen MR) is 91.6 cm³/mol. The first kappa shape index (κ1) is 15.0. The highest BCUT2D eigenvalue weighted by molar-refractivity contribution is 5.87. The summed E-state index contributed by atoms with van der Waals surface area (Å²) in [5.74, 6) is 0.779. The molecule has 0 spiro atoms. The van der Waals surface area contributed by atoms with Crippen LogP contribution in [0.15, 0.2) is 72.8 Å². The first-order valence-electron chi connectivity index (χ1n) is 7.84. The zero-order valence-corrected chi connectivity index (χ0v) is 13.2. The molecule has 0 aliphatic carbocycles. The quantitative estimate of drug-likeness (QED) is 0.517. The number of hydrogen-bond acceptors (Lipinski definition) is 4. The lowest BCUT2D eigenvalue weighted by atomic mass is 9.88. The number of carbonyl (C=O) groups is 1. The van der Waals surface area contributed by atoms with E-state index in [9.17, 15) is 4.79 Å². The Labute approximate surface area is 144 Å². The smallest absolute Gasteiger partial charge is 0.323 e. The number of rotatable bonds is 2. The average Bonchev–Trinajstić information content (AvgIpc) is 2.66. The fraction of sp³-hybridized carbons (Fsp3) is 0.0476. The first-order chi connectivity index (χ1) is 12.3. The molecule has 0 atom stereocenters. The van der Waals surface area contributed by atoms with Gasteiger partial charge in [0.1, 0.15) is 23.2 Å². The molecule has 1 heterocycles. The third-order valence-electron chi connectivity index (χ3n) is 4.12. The molecule has 25 heavy (non-hydrogen) atoms. The lowest BCUT2D eigenvalue weighted by Crippen LogP contribution is -2.23. The van der Waals surface area contributed by atoms with Gasteiger partial charge < -0.3 is 9.47 Å². The molecule has 0 N–H and O–H groups in total. The van der Waals surface area contributed by atoms with Gasteiger partial charge in [-0.2, -0.15) is 5.26 Å². The number of esters is 1. The summed E-state index contributed by atoms with van der Waals surface area (Å²) in [6.45, 7) is 0. The van der Waals surface area contributed by atoms with E-state index >= 15 is 0 Å². The Kier molecular flexibility index (Phi) is 3.68. The van der Waals surface area contributed by atoms with Crippen LogP contribution in [0.1, 0.15) is 22.6 Å². The topological polar surface area (TPSA) is 59.3 Å². The van der Waals surface area contributed by atoms with E-state index in [1.54, 1.807) is 24.3 Å². The van der Waals surface area contributed by atoms with Gasteiger partial charge in [-0.1, -0.05) is 36.4 Å². The van der Waals surface area contributed by atoms with Gasteiger partial charge in [0, 0.05) is 11.1 Å². The molecule has 0 saturated heterocycles. The van der Waals surface area contributed by atoms with Crippen LogP contribution >= 0.6 is 0 Å². The second kappa shape index (κ2) is 6.14. The van der Waals surface area contributed by atoms with Crippen molar-refractivity contribution >= 4 is 5.97 Å². The van der Waals surface area contributed by atoms with Crippen LogP contribution in [0.4, 0.5) is 0 Å². The molecule has 120 valence electrons. The van der Waals surface area contributed by atoms with Gasteiger partial charge in [0.2, 0.25) is 0 Å². The molecule has 3 aromatic carbocycles. The number of nitriles is 1. The normalized spacial score (nSPS) is 12.3. The SMILES string of the molecule is N#Cc1ccc(OC(=O)C2c3ccccc3Oc3ccccc32)cc1. The van der Waals surface area contributed by atoms with E-state index in [0.29, 0.717) is 22.8 Å². The molecule has 0 unspecified atom stereocenters. The van der Waals surface area contributed by atoms with Crippen LogP contribution in [0.25, 0.3) is 0 Å². The van der Waals surface area contributed by atoms with E-state index in [1.165, 1.54) is 0 Å². The standard InChI is InChI=1S/C21H13NO3/c22-13-14-9-11-15(12-10-14)24-21(23)20-16-5-1-3-7-18(16)25-19-8-4-2-6-17(19)20/h1-12,20H. The molecule has 0 amide bonds. The Morgan fingerprint density at radius 1 is 0.880 bits per heavy atom. The maximum atomic E-state index is 12.9. The number of benzene rings is 3. The van der Waals surface area contributed by atoms with Crippen LogP contribution in [0, 0.1) is 11.3 Å². The minimum Gasteiger partial charge on any atom is -0.457 e. The molecule has 0 radical (unpaired) electrons. The summed E-state index contributed by atoms with van der Waals surface area (Å²) in [4.78, 5) is 12.9. The third kappa shape index (κ3) is 2.73. The van der Waals surface area contributed by atoms with Crippen molar-refractivity contribution in [3.8, 4) is 23.3 Å². The van der Waals surface area contributed by atoms with Crippen molar-refractivity contribution in [2.75, 3.05) is 0 Å². The molecule has 0 fully saturated rings. The number of carbonyl (C=O) groups excluding carboxylic acids is 1. The van der Waals surface area contributed by atoms with Gasteiger partial charge in [-0.15, -0.1) is 0 Å². The molecular weight excluding hydrogens is 314 g/mol. The fourth-order valence-electron chi connectivity index (χ4n) is 2.94. The number of para-hydroxylation sites is 2. The maximum Gasteiger partial charge on any atom is 0.323 e. The summed E-state index contributed by atoms with van der Waals surface area (Å²) >= 11 is 0. The predicted octanol–water partition coefficient (Wildman–Crippen LogP) is 4.40. The molecule has 0 aromatic heterocycles. The van der Waals surface area contributed by atoms with Crippen LogP contribution in [0.5, 0.6) is 17.2 Å². The van der Waals surface area contributed by atoms with Crippen LogP contribution in [-0.2, 0) is 4.79 Å². The van der Waals surface area contributed by atoms with Crippen molar-refractivity contribution in [1.82, 2.24) is 0 Å². The van der Waals surface area contributed by atoms with Gasteiger partial charge >= 0.3 is 5.97 Å². The van der Waals surface area contributed by atoms with Crippen molar-refractivity contribution in [1.29, 1.82) is 5.26 Å². The maximum absolute atomic E-state index is 12.9. The van der Waals surface area contributed by atoms with Crippen molar-refractivity contribution < 1.29 is 14.3 Å². The lowest BCUT2D eigenvalue weighted by Gasteiger charge is -2.26. The van der Waals surface area contributed by atoms with Crippen molar-refractivity contribution in [3.05, 3.63) is 89.5 Å². The summed E-state index contributed by atoms with van der Waals surface area (Å²) in [6, 6.07) is 23.4. The number of hydrogen-bond donors (Lipinski definition) is 0. The molecule has 0 bridgehead atoms. The number of fused-ring (bicyclic) bond motifs is 2. The molecule has 3 aromatic rings. The van der Waals surface area contributed by atoms with E-state index < -0.39 is 5.92 Å². The van der Waals surface area contributed by atoms with Crippen LogP contribution < -0.4 is 9.47 Å². The average molecular weight is 327 g/mol. The van der Waals surface area contributed by atoms with Gasteiger partial charge in [0.25, 0.3) is 0 Å². The van der Waals surface area contributed by atoms with Crippen LogP contribution in [-0.4, -0.2) is 5.97 Å². The van der Waals surface area contributed by atoms with E-state index in [4.69, 9.17) is 14.7 Å². The Morgan fingerprint density at radius 2 is 1.44 bits per heavy atom. The van der Waals surface area contributed by atoms with E-state index in [2.05, 4.69) is 0 Å². The van der Waals surface area contributed by atoms with Gasteiger partial charge in [-0.05, 0) is 36.4 Å². The Morgan fingerprint density at radius 3 is 2.00 bits per heavy atom. The molecule has 4 heteroatoms. The van der Waals surface area contributed by atoms with Crippen molar-refractivity contribution in [3.63, 3.8) is 0 Å². The first-order valence-corrected chi connectivity index (χ1v) is 7.84. The van der Waals surface area contributed by atoms with E-state index in [-0.39, 0.29) is 5.97 Å². The summed E-state index contributed by atoms with van der Waals surface area (Å²) < 4.78 is 11.5. The summed E-state index contributed by atoms with van der Waals surface area (Å²) in [7, 11) is 0. The van der Waals surface area contributed by atoms with Gasteiger partial charge in [0.15, 0.2) is 0 Å². The van der Waals surface area contributed by atoms with Crippen molar-refractivity contribution in [2.24, 2.45) is 0 Å². The second-order valence-electron chi connectivity index (χ2n) is 5.67. The Bertz CT molecular complexity index is 941. The van der Waals surface area contributed by atoms with Crippen molar-refractivity contribution in [2.45, 2.75) is 5.92 Å². The summed E-state index contributed by atoms with van der Waals surface area (Å²) in [5, 5.41) is 8.86. The van der Waals surface area contributed by atoms with Gasteiger partial charge in [-0.3, -0.25) is 4.79 Å². The summed E-state index contributed by atoms with van der Waals surface area (Å²) in [6.07, 6.45) is 0. The highest BCUT2D eigenvalue weighted by Crippen LogP contribution is 2.44. The Balaban J connectivity index is 1.71. The van der Waals surface area contributed by atoms with Crippen LogP contribution in [0.3, 0.4) is 0 Å². The zero-order valence-electron chi connectivity index (χ0n) is 13.2. The molecule has 4 rings (SSSR count). The van der Waals surface area contributed by atoms with Gasteiger partial charge in [-0.25, -0.2) is 0 Å².